The highest BCUT2D eigenvalue weighted by atomic mass is 32.2. The molecule has 3 heteroatoms. The lowest BCUT2D eigenvalue weighted by molar-refractivity contribution is 0.103. The SMILES string of the molecule is CCN1CCSC(Cc2ccc(C(=O)c3ccccc3)cc2)C1. The molecule has 1 fully saturated rings. The van der Waals surface area contributed by atoms with Crippen LogP contribution >= 0.6 is 11.8 Å². The van der Waals surface area contributed by atoms with Crippen molar-refractivity contribution in [1.29, 1.82) is 0 Å². The van der Waals surface area contributed by atoms with Crippen molar-refractivity contribution in [2.75, 3.05) is 25.4 Å². The predicted molar refractivity (Wildman–Crippen MR) is 98.4 cm³/mol. The zero-order valence-electron chi connectivity index (χ0n) is 13.6. The van der Waals surface area contributed by atoms with Crippen molar-refractivity contribution in [3.8, 4) is 0 Å². The van der Waals surface area contributed by atoms with Gasteiger partial charge in [0.05, 0.1) is 0 Å². The molecule has 1 atom stereocenters. The van der Waals surface area contributed by atoms with Gasteiger partial charge in [-0.15, -0.1) is 0 Å². The van der Waals surface area contributed by atoms with Crippen molar-refractivity contribution < 1.29 is 4.79 Å². The average molecular weight is 325 g/mol. The van der Waals surface area contributed by atoms with E-state index in [1.54, 1.807) is 0 Å². The fourth-order valence-electron chi connectivity index (χ4n) is 3.00. The number of hydrogen-bond donors (Lipinski definition) is 0. The van der Waals surface area contributed by atoms with Gasteiger partial charge in [-0.2, -0.15) is 11.8 Å². The van der Waals surface area contributed by atoms with Gasteiger partial charge in [0.1, 0.15) is 0 Å². The lowest BCUT2D eigenvalue weighted by Crippen LogP contribution is -2.38. The molecule has 0 aromatic heterocycles. The highest BCUT2D eigenvalue weighted by Crippen LogP contribution is 2.22. The van der Waals surface area contributed by atoms with Gasteiger partial charge < -0.3 is 4.90 Å². The molecule has 1 saturated heterocycles. The zero-order valence-corrected chi connectivity index (χ0v) is 14.4. The average Bonchev–Trinajstić information content (AvgIpc) is 2.63. The lowest BCUT2D eigenvalue weighted by Gasteiger charge is -2.31. The maximum atomic E-state index is 12.4. The summed E-state index contributed by atoms with van der Waals surface area (Å²) in [5.41, 5.74) is 2.85. The van der Waals surface area contributed by atoms with Gasteiger partial charge in [0.25, 0.3) is 0 Å². The number of benzene rings is 2. The van der Waals surface area contributed by atoms with Crippen molar-refractivity contribution in [1.82, 2.24) is 4.90 Å². The molecule has 0 aliphatic carbocycles. The number of ketones is 1. The third kappa shape index (κ3) is 4.24. The van der Waals surface area contributed by atoms with Crippen LogP contribution in [0.1, 0.15) is 28.4 Å². The van der Waals surface area contributed by atoms with E-state index in [2.05, 4.69) is 35.7 Å². The largest absolute Gasteiger partial charge is 0.302 e. The Morgan fingerprint density at radius 1 is 1.09 bits per heavy atom. The first-order valence-corrected chi connectivity index (χ1v) is 9.34. The van der Waals surface area contributed by atoms with Gasteiger partial charge in [-0.3, -0.25) is 4.79 Å². The van der Waals surface area contributed by atoms with Crippen LogP contribution in [0.2, 0.25) is 0 Å². The first kappa shape index (κ1) is 16.3. The number of rotatable bonds is 5. The van der Waals surface area contributed by atoms with Gasteiger partial charge in [-0.1, -0.05) is 61.5 Å². The fourth-order valence-corrected chi connectivity index (χ4v) is 4.33. The Labute approximate surface area is 142 Å². The minimum absolute atomic E-state index is 0.0985. The van der Waals surface area contributed by atoms with Gasteiger partial charge in [0.2, 0.25) is 0 Å². The van der Waals surface area contributed by atoms with E-state index >= 15 is 0 Å². The Kier molecular flexibility index (Phi) is 5.52. The van der Waals surface area contributed by atoms with E-state index in [1.807, 2.05) is 42.5 Å². The maximum Gasteiger partial charge on any atom is 0.193 e. The van der Waals surface area contributed by atoms with Gasteiger partial charge in [0, 0.05) is 35.2 Å². The second kappa shape index (κ2) is 7.80. The van der Waals surface area contributed by atoms with Gasteiger partial charge in [-0.05, 0) is 18.5 Å². The van der Waals surface area contributed by atoms with E-state index < -0.39 is 0 Å². The summed E-state index contributed by atoms with van der Waals surface area (Å²) < 4.78 is 0. The third-order valence-corrected chi connectivity index (χ3v) is 5.59. The fraction of sp³-hybridized carbons (Fsp3) is 0.350. The number of carbonyl (C=O) groups excluding carboxylic acids is 1. The van der Waals surface area contributed by atoms with Crippen molar-refractivity contribution in [2.45, 2.75) is 18.6 Å². The van der Waals surface area contributed by atoms with Crippen LogP contribution in [0.4, 0.5) is 0 Å². The van der Waals surface area contributed by atoms with E-state index in [-0.39, 0.29) is 5.78 Å². The molecule has 2 nitrogen and oxygen atoms in total. The molecule has 0 amide bonds. The van der Waals surface area contributed by atoms with Crippen LogP contribution in [0.15, 0.2) is 54.6 Å². The van der Waals surface area contributed by atoms with Gasteiger partial charge >= 0.3 is 0 Å². The monoisotopic (exact) mass is 325 g/mol. The molecule has 0 spiro atoms. The molecule has 120 valence electrons. The summed E-state index contributed by atoms with van der Waals surface area (Å²) in [6, 6.07) is 17.6. The van der Waals surface area contributed by atoms with Crippen LogP contribution in [0.5, 0.6) is 0 Å². The molecule has 0 saturated carbocycles. The molecule has 0 radical (unpaired) electrons. The molecular weight excluding hydrogens is 302 g/mol. The summed E-state index contributed by atoms with van der Waals surface area (Å²) >= 11 is 2.08. The third-order valence-electron chi connectivity index (χ3n) is 4.39. The Bertz CT molecular complexity index is 638. The predicted octanol–water partition coefficient (Wildman–Crippen LogP) is 3.90. The Hall–Kier alpha value is -1.58. The van der Waals surface area contributed by atoms with E-state index in [9.17, 15) is 4.79 Å². The Morgan fingerprint density at radius 2 is 1.78 bits per heavy atom. The van der Waals surface area contributed by atoms with E-state index in [4.69, 9.17) is 0 Å². The molecule has 23 heavy (non-hydrogen) atoms. The normalized spacial score (nSPS) is 18.7. The van der Waals surface area contributed by atoms with Crippen LogP contribution in [0.25, 0.3) is 0 Å². The van der Waals surface area contributed by atoms with Crippen LogP contribution < -0.4 is 0 Å². The standard InChI is InChI=1S/C20H23NOS/c1-2-21-12-13-23-19(15-21)14-16-8-10-18(11-9-16)20(22)17-6-4-3-5-7-17/h3-11,19H,2,12-15H2,1H3. The molecule has 3 rings (SSSR count). The molecular formula is C20H23NOS. The van der Waals surface area contributed by atoms with Crippen molar-refractivity contribution in [3.05, 3.63) is 71.3 Å². The number of hydrogen-bond acceptors (Lipinski definition) is 3. The zero-order chi connectivity index (χ0) is 16.1. The summed E-state index contributed by atoms with van der Waals surface area (Å²) in [5, 5.41) is 0.666. The Morgan fingerprint density at radius 3 is 2.48 bits per heavy atom. The summed E-state index contributed by atoms with van der Waals surface area (Å²) in [7, 11) is 0. The summed E-state index contributed by atoms with van der Waals surface area (Å²) in [4.78, 5) is 14.9. The Balaban J connectivity index is 1.64. The van der Waals surface area contributed by atoms with Crippen LogP contribution in [0.3, 0.4) is 0 Å². The highest BCUT2D eigenvalue weighted by molar-refractivity contribution is 8.00. The number of nitrogens with zero attached hydrogens (tertiary/aromatic N) is 1. The minimum Gasteiger partial charge on any atom is -0.302 e. The van der Waals surface area contributed by atoms with Crippen LogP contribution in [0, 0.1) is 0 Å². The molecule has 1 aliphatic rings. The van der Waals surface area contributed by atoms with Crippen molar-refractivity contribution in [2.24, 2.45) is 0 Å². The topological polar surface area (TPSA) is 20.3 Å². The minimum atomic E-state index is 0.0985. The molecule has 1 unspecified atom stereocenters. The van der Waals surface area contributed by atoms with Crippen LogP contribution in [-0.2, 0) is 6.42 Å². The van der Waals surface area contributed by atoms with E-state index in [0.29, 0.717) is 5.25 Å². The molecule has 2 aromatic rings. The molecule has 0 bridgehead atoms. The summed E-state index contributed by atoms with van der Waals surface area (Å²) in [6.07, 6.45) is 1.08. The van der Waals surface area contributed by atoms with E-state index in [1.165, 1.54) is 24.4 Å². The van der Waals surface area contributed by atoms with Crippen molar-refractivity contribution in [3.63, 3.8) is 0 Å². The van der Waals surface area contributed by atoms with Gasteiger partial charge in [-0.25, -0.2) is 0 Å². The second-order valence-electron chi connectivity index (χ2n) is 5.98. The maximum absolute atomic E-state index is 12.4. The van der Waals surface area contributed by atoms with E-state index in [0.717, 1.165) is 24.1 Å². The molecule has 1 aliphatic heterocycles. The highest BCUT2D eigenvalue weighted by Gasteiger charge is 2.19. The second-order valence-corrected chi connectivity index (χ2v) is 7.39. The molecule has 2 aromatic carbocycles. The van der Waals surface area contributed by atoms with Crippen molar-refractivity contribution >= 4 is 17.5 Å². The first-order chi connectivity index (χ1) is 11.3. The first-order valence-electron chi connectivity index (χ1n) is 8.29. The lowest BCUT2D eigenvalue weighted by atomic mass is 10.0. The summed E-state index contributed by atoms with van der Waals surface area (Å²) in [6.45, 7) is 5.76. The number of thioether (sulfide) groups is 1. The van der Waals surface area contributed by atoms with Gasteiger partial charge in [0.15, 0.2) is 5.78 Å². The molecule has 1 heterocycles. The van der Waals surface area contributed by atoms with Crippen LogP contribution in [-0.4, -0.2) is 41.3 Å². The molecule has 0 N–H and O–H groups in total. The summed E-state index contributed by atoms with van der Waals surface area (Å²) in [5.74, 6) is 1.32. The quantitative estimate of drug-likeness (QED) is 0.778. The number of carbonyl (C=O) groups is 1. The smallest absolute Gasteiger partial charge is 0.193 e.